The first-order valence-electron chi connectivity index (χ1n) is 9.75. The van der Waals surface area contributed by atoms with Crippen molar-refractivity contribution in [2.24, 2.45) is 5.92 Å². The quantitative estimate of drug-likeness (QED) is 0.532. The Labute approximate surface area is 156 Å². The van der Waals surface area contributed by atoms with Gasteiger partial charge in [-0.05, 0) is 62.3 Å². The number of benzene rings is 1. The number of ketones is 2. The molecule has 138 valence electrons. The molecule has 0 heterocycles. The first-order valence-corrected chi connectivity index (χ1v) is 9.75. The van der Waals surface area contributed by atoms with Crippen molar-refractivity contribution < 1.29 is 14.3 Å². The van der Waals surface area contributed by atoms with Crippen LogP contribution in [0.5, 0.6) is 5.75 Å². The molecule has 0 aromatic heterocycles. The lowest BCUT2D eigenvalue weighted by atomic mass is 9.77. The van der Waals surface area contributed by atoms with Gasteiger partial charge >= 0.3 is 0 Å². The largest absolute Gasteiger partial charge is 0.488 e. The van der Waals surface area contributed by atoms with Gasteiger partial charge in [-0.15, -0.1) is 0 Å². The van der Waals surface area contributed by atoms with E-state index in [1.807, 2.05) is 45.1 Å². The van der Waals surface area contributed by atoms with E-state index in [9.17, 15) is 9.59 Å². The van der Waals surface area contributed by atoms with Crippen molar-refractivity contribution in [1.82, 2.24) is 0 Å². The molecule has 3 heteroatoms. The first kappa shape index (κ1) is 18.6. The Morgan fingerprint density at radius 1 is 1.12 bits per heavy atom. The Morgan fingerprint density at radius 2 is 1.85 bits per heavy atom. The topological polar surface area (TPSA) is 43.4 Å². The van der Waals surface area contributed by atoms with Gasteiger partial charge in [-0.25, -0.2) is 0 Å². The van der Waals surface area contributed by atoms with Crippen molar-refractivity contribution in [3.05, 3.63) is 46.0 Å². The zero-order valence-corrected chi connectivity index (χ0v) is 16.1. The molecular weight excluding hydrogens is 324 g/mol. The highest BCUT2D eigenvalue weighted by molar-refractivity contribution is 6.52. The fraction of sp³-hybridized carbons (Fsp3) is 0.478. The first-order chi connectivity index (χ1) is 12.5. The van der Waals surface area contributed by atoms with Crippen LogP contribution in [0.25, 0.3) is 6.08 Å². The summed E-state index contributed by atoms with van der Waals surface area (Å²) >= 11 is 0. The third-order valence-electron chi connectivity index (χ3n) is 5.42. The number of rotatable bonds is 5. The summed E-state index contributed by atoms with van der Waals surface area (Å²) in [5.41, 5.74) is 4.13. The van der Waals surface area contributed by atoms with Crippen LogP contribution in [0, 0.1) is 5.92 Å². The molecule has 1 aromatic rings. The maximum Gasteiger partial charge on any atom is 0.237 e. The Kier molecular flexibility index (Phi) is 5.75. The predicted molar refractivity (Wildman–Crippen MR) is 105 cm³/mol. The van der Waals surface area contributed by atoms with Crippen molar-refractivity contribution >= 4 is 17.6 Å². The molecule has 2 aliphatic rings. The zero-order chi connectivity index (χ0) is 18.7. The molecule has 0 amide bonds. The maximum atomic E-state index is 13.0. The Balaban J connectivity index is 2.02. The highest BCUT2D eigenvalue weighted by Crippen LogP contribution is 2.38. The minimum atomic E-state index is -0.398. The summed E-state index contributed by atoms with van der Waals surface area (Å²) in [6.07, 6.45) is 10.2. The molecule has 3 nitrogen and oxygen atoms in total. The van der Waals surface area contributed by atoms with Crippen LogP contribution in [-0.2, 0) is 11.2 Å². The standard InChI is InChI=1S/C23H28O3/c1-4-16-10-11-18-14-19(17-8-6-5-7-9-17)21(24)22(25)20(18)23(16)26-13-12-15(2)3/h10-12,14,17H,4-9,13H2,1-3H3. The SMILES string of the molecule is CCc1ccc2c(c1OCC=C(C)C)C(=O)C(=O)C(C1CCCCC1)=C2. The average molecular weight is 352 g/mol. The van der Waals surface area contributed by atoms with Crippen LogP contribution in [0.4, 0.5) is 0 Å². The molecule has 0 atom stereocenters. The molecule has 1 aromatic carbocycles. The van der Waals surface area contributed by atoms with E-state index in [4.69, 9.17) is 4.74 Å². The smallest absolute Gasteiger partial charge is 0.237 e. The fourth-order valence-electron chi connectivity index (χ4n) is 3.93. The molecule has 0 radical (unpaired) electrons. The monoisotopic (exact) mass is 352 g/mol. The van der Waals surface area contributed by atoms with Crippen LogP contribution < -0.4 is 4.74 Å². The molecule has 26 heavy (non-hydrogen) atoms. The molecule has 0 aliphatic heterocycles. The van der Waals surface area contributed by atoms with Crippen molar-refractivity contribution in [3.63, 3.8) is 0 Å². The lowest BCUT2D eigenvalue weighted by Crippen LogP contribution is -2.27. The van der Waals surface area contributed by atoms with Crippen molar-refractivity contribution in [2.75, 3.05) is 6.61 Å². The van der Waals surface area contributed by atoms with E-state index in [1.54, 1.807) is 0 Å². The van der Waals surface area contributed by atoms with Gasteiger partial charge in [0.15, 0.2) is 0 Å². The molecule has 2 aliphatic carbocycles. The van der Waals surface area contributed by atoms with Crippen molar-refractivity contribution in [1.29, 1.82) is 0 Å². The Hall–Kier alpha value is -2.16. The summed E-state index contributed by atoms with van der Waals surface area (Å²) in [4.78, 5) is 25.8. The number of fused-ring (bicyclic) bond motifs is 1. The number of aryl methyl sites for hydroxylation is 1. The molecule has 0 unspecified atom stereocenters. The van der Waals surface area contributed by atoms with Gasteiger partial charge in [0, 0.05) is 5.57 Å². The summed E-state index contributed by atoms with van der Waals surface area (Å²) in [5, 5.41) is 0. The number of hydrogen-bond acceptors (Lipinski definition) is 3. The second-order valence-corrected chi connectivity index (χ2v) is 7.56. The summed E-state index contributed by atoms with van der Waals surface area (Å²) in [6.45, 7) is 6.47. The van der Waals surface area contributed by atoms with Crippen LogP contribution in [0.15, 0.2) is 29.4 Å². The predicted octanol–water partition coefficient (Wildman–Crippen LogP) is 5.32. The number of ether oxygens (including phenoxy) is 1. The third kappa shape index (κ3) is 3.67. The molecular formula is C23H28O3. The Bertz CT molecular complexity index is 773. The van der Waals surface area contributed by atoms with E-state index in [1.165, 1.54) is 6.42 Å². The minimum absolute atomic E-state index is 0.231. The lowest BCUT2D eigenvalue weighted by Gasteiger charge is -2.27. The van der Waals surface area contributed by atoms with Crippen molar-refractivity contribution in [2.45, 2.75) is 59.3 Å². The van der Waals surface area contributed by atoms with Crippen LogP contribution in [-0.4, -0.2) is 18.2 Å². The van der Waals surface area contributed by atoms with Gasteiger partial charge in [-0.1, -0.05) is 43.9 Å². The molecule has 3 rings (SSSR count). The van der Waals surface area contributed by atoms with Crippen molar-refractivity contribution in [3.8, 4) is 5.75 Å². The fourth-order valence-corrected chi connectivity index (χ4v) is 3.93. The second kappa shape index (κ2) is 8.03. The summed E-state index contributed by atoms with van der Waals surface area (Å²) in [6, 6.07) is 3.99. The molecule has 0 spiro atoms. The molecule has 1 fully saturated rings. The second-order valence-electron chi connectivity index (χ2n) is 7.56. The summed E-state index contributed by atoms with van der Waals surface area (Å²) < 4.78 is 5.96. The van der Waals surface area contributed by atoms with Gasteiger partial charge in [0.1, 0.15) is 12.4 Å². The van der Waals surface area contributed by atoms with Gasteiger partial charge in [0.05, 0.1) is 5.56 Å². The van der Waals surface area contributed by atoms with Gasteiger partial charge < -0.3 is 4.74 Å². The normalized spacial score (nSPS) is 17.6. The minimum Gasteiger partial charge on any atom is -0.488 e. The molecule has 0 saturated heterocycles. The third-order valence-corrected chi connectivity index (χ3v) is 5.42. The van der Waals surface area contributed by atoms with Crippen LogP contribution in [0.2, 0.25) is 0 Å². The Morgan fingerprint density at radius 3 is 2.50 bits per heavy atom. The number of hydrogen-bond donors (Lipinski definition) is 0. The van der Waals surface area contributed by atoms with E-state index < -0.39 is 5.78 Å². The van der Waals surface area contributed by atoms with E-state index in [0.717, 1.165) is 48.8 Å². The highest BCUT2D eigenvalue weighted by Gasteiger charge is 2.35. The zero-order valence-electron chi connectivity index (χ0n) is 16.1. The lowest BCUT2D eigenvalue weighted by molar-refractivity contribution is -0.112. The van der Waals surface area contributed by atoms with E-state index in [-0.39, 0.29) is 11.7 Å². The van der Waals surface area contributed by atoms with Crippen LogP contribution >= 0.6 is 0 Å². The molecule has 0 N–H and O–H groups in total. The summed E-state index contributed by atoms with van der Waals surface area (Å²) in [7, 11) is 0. The van der Waals surface area contributed by atoms with Crippen LogP contribution in [0.3, 0.4) is 0 Å². The van der Waals surface area contributed by atoms with Gasteiger partial charge in [0.2, 0.25) is 11.6 Å². The van der Waals surface area contributed by atoms with Gasteiger partial charge in [-0.2, -0.15) is 0 Å². The van der Waals surface area contributed by atoms with E-state index in [2.05, 4.69) is 0 Å². The number of carbonyl (C=O) groups is 2. The van der Waals surface area contributed by atoms with E-state index in [0.29, 0.717) is 23.5 Å². The number of carbonyl (C=O) groups excluding carboxylic acids is 2. The van der Waals surface area contributed by atoms with E-state index >= 15 is 0 Å². The maximum absolute atomic E-state index is 13.0. The number of allylic oxidation sites excluding steroid dienone is 2. The summed E-state index contributed by atoms with van der Waals surface area (Å²) in [5.74, 6) is 0.0873. The average Bonchev–Trinajstić information content (AvgIpc) is 2.64. The number of Topliss-reactive ketones (excluding diaryl/α,β-unsaturated/α-hetero) is 2. The highest BCUT2D eigenvalue weighted by atomic mass is 16.5. The van der Waals surface area contributed by atoms with Gasteiger partial charge in [-0.3, -0.25) is 9.59 Å². The van der Waals surface area contributed by atoms with Gasteiger partial charge in [0.25, 0.3) is 0 Å². The van der Waals surface area contributed by atoms with Crippen LogP contribution in [0.1, 0.15) is 74.4 Å². The molecule has 1 saturated carbocycles. The molecule has 0 bridgehead atoms.